The molecule has 3 rings (SSSR count). The monoisotopic (exact) mass is 306 g/mol. The Balaban J connectivity index is 1.47. The van der Waals surface area contributed by atoms with Crippen LogP contribution in [0.5, 0.6) is 0 Å². The summed E-state index contributed by atoms with van der Waals surface area (Å²) in [7, 11) is 0. The van der Waals surface area contributed by atoms with Gasteiger partial charge in [0.05, 0.1) is 32.2 Å². The number of benzene rings is 1. The third-order valence-corrected chi connectivity index (χ3v) is 5.34. The summed E-state index contributed by atoms with van der Waals surface area (Å²) < 4.78 is 12.9. The third-order valence-electron chi connectivity index (χ3n) is 5.34. The van der Waals surface area contributed by atoms with Gasteiger partial charge in [0.1, 0.15) is 12.4 Å². The van der Waals surface area contributed by atoms with Crippen molar-refractivity contribution in [2.75, 3.05) is 32.7 Å². The van der Waals surface area contributed by atoms with Crippen LogP contribution in [0.3, 0.4) is 0 Å². The molecule has 2 fully saturated rings. The predicted octanol–water partition coefficient (Wildman–Crippen LogP) is 0.125. The van der Waals surface area contributed by atoms with Gasteiger partial charge in [-0.3, -0.25) is 4.79 Å². The van der Waals surface area contributed by atoms with Gasteiger partial charge in [0.25, 0.3) is 0 Å². The first-order chi connectivity index (χ1) is 10.7. The van der Waals surface area contributed by atoms with Gasteiger partial charge in [-0.2, -0.15) is 0 Å². The average Bonchev–Trinajstić information content (AvgIpc) is 2.57. The highest BCUT2D eigenvalue weighted by Crippen LogP contribution is 2.04. The van der Waals surface area contributed by atoms with Crippen molar-refractivity contribution in [2.45, 2.75) is 38.1 Å². The van der Waals surface area contributed by atoms with Gasteiger partial charge in [0, 0.05) is 18.4 Å². The molecule has 22 heavy (non-hydrogen) atoms. The van der Waals surface area contributed by atoms with Crippen LogP contribution in [-0.2, 0) is 0 Å². The molecule has 4 heteroatoms. The molecule has 0 saturated carbocycles. The number of likely N-dealkylation sites (tertiary alicyclic amines) is 2. The molecule has 0 aliphatic carbocycles. The molecule has 2 N–H and O–H groups in total. The van der Waals surface area contributed by atoms with Crippen molar-refractivity contribution in [2.24, 2.45) is 0 Å². The van der Waals surface area contributed by atoms with Gasteiger partial charge in [-0.15, -0.1) is 0 Å². The Morgan fingerprint density at radius 2 is 1.64 bits per heavy atom. The van der Waals surface area contributed by atoms with Crippen molar-refractivity contribution in [1.82, 2.24) is 0 Å². The molecule has 2 aliphatic rings. The van der Waals surface area contributed by atoms with Crippen LogP contribution in [0.1, 0.15) is 42.5 Å². The zero-order valence-electron chi connectivity index (χ0n) is 13.2. The topological polar surface area (TPSA) is 26.0 Å². The molecule has 2 aliphatic heterocycles. The molecule has 0 aromatic heterocycles. The zero-order valence-corrected chi connectivity index (χ0v) is 13.2. The number of rotatable bonds is 4. The summed E-state index contributed by atoms with van der Waals surface area (Å²) in [6.45, 7) is 5.43. The minimum atomic E-state index is -0.283. The first kappa shape index (κ1) is 15.6. The summed E-state index contributed by atoms with van der Waals surface area (Å²) in [6.07, 6.45) is 6.64. The van der Waals surface area contributed by atoms with E-state index in [1.165, 1.54) is 62.2 Å². The molecule has 0 unspecified atom stereocenters. The van der Waals surface area contributed by atoms with E-state index in [2.05, 4.69) is 0 Å². The highest BCUT2D eigenvalue weighted by molar-refractivity contribution is 5.96. The summed E-state index contributed by atoms with van der Waals surface area (Å²) in [5.41, 5.74) is 0.637. The largest absolute Gasteiger partial charge is 0.332 e. The van der Waals surface area contributed by atoms with E-state index in [1.54, 1.807) is 17.0 Å². The van der Waals surface area contributed by atoms with Crippen LogP contribution in [0.2, 0.25) is 0 Å². The van der Waals surface area contributed by atoms with Crippen molar-refractivity contribution in [1.29, 1.82) is 0 Å². The standard InChI is InChI=1S/C18H25FN2O/c19-16-6-4-15(5-7-16)18(22)14-20-12-8-17(9-13-20)21-10-2-1-3-11-21/h4-7,17H,1-3,8-14H2/p+2. The van der Waals surface area contributed by atoms with E-state index in [0.717, 1.165) is 19.1 Å². The second kappa shape index (κ2) is 7.34. The number of Topliss-reactive ketones (excluding diaryl/α,β-unsaturated/α-hetero) is 1. The highest BCUT2D eigenvalue weighted by atomic mass is 19.1. The number of ketones is 1. The zero-order chi connectivity index (χ0) is 15.4. The Labute approximate surface area is 132 Å². The van der Waals surface area contributed by atoms with Gasteiger partial charge in [-0.05, 0) is 43.5 Å². The average molecular weight is 306 g/mol. The Bertz CT molecular complexity index is 488. The number of hydrogen-bond acceptors (Lipinski definition) is 1. The van der Waals surface area contributed by atoms with E-state index in [0.29, 0.717) is 12.1 Å². The lowest BCUT2D eigenvalue weighted by molar-refractivity contribution is -0.958. The fourth-order valence-corrected chi connectivity index (χ4v) is 3.99. The summed E-state index contributed by atoms with van der Waals surface area (Å²) in [5, 5.41) is 0. The van der Waals surface area contributed by atoms with Gasteiger partial charge in [-0.25, -0.2) is 4.39 Å². The maximum atomic E-state index is 12.9. The number of carbonyl (C=O) groups is 1. The van der Waals surface area contributed by atoms with Crippen molar-refractivity contribution in [3.63, 3.8) is 0 Å². The number of halogens is 1. The first-order valence-electron chi connectivity index (χ1n) is 8.69. The highest BCUT2D eigenvalue weighted by Gasteiger charge is 2.31. The minimum absolute atomic E-state index is 0.138. The van der Waals surface area contributed by atoms with Gasteiger partial charge in [0.15, 0.2) is 0 Å². The smallest absolute Gasteiger partial charge is 0.216 e. The molecule has 0 amide bonds. The number of nitrogens with one attached hydrogen (secondary N) is 2. The van der Waals surface area contributed by atoms with E-state index >= 15 is 0 Å². The van der Waals surface area contributed by atoms with E-state index in [1.807, 2.05) is 0 Å². The Hall–Kier alpha value is -1.26. The molecule has 3 nitrogen and oxygen atoms in total. The van der Waals surface area contributed by atoms with Gasteiger partial charge < -0.3 is 9.80 Å². The molecule has 1 aromatic carbocycles. The molecular weight excluding hydrogens is 279 g/mol. The van der Waals surface area contributed by atoms with Crippen LogP contribution < -0.4 is 9.80 Å². The van der Waals surface area contributed by atoms with Gasteiger partial charge >= 0.3 is 0 Å². The molecule has 1 aromatic rings. The normalized spacial score (nSPS) is 26.8. The van der Waals surface area contributed by atoms with Crippen LogP contribution >= 0.6 is 0 Å². The molecule has 2 saturated heterocycles. The van der Waals surface area contributed by atoms with Crippen molar-refractivity contribution in [3.05, 3.63) is 35.6 Å². The van der Waals surface area contributed by atoms with Gasteiger partial charge in [-0.1, -0.05) is 0 Å². The maximum absolute atomic E-state index is 12.9. The molecule has 0 atom stereocenters. The van der Waals surface area contributed by atoms with Crippen molar-refractivity contribution >= 4 is 5.78 Å². The Morgan fingerprint density at radius 3 is 2.27 bits per heavy atom. The van der Waals surface area contributed by atoms with Crippen LogP contribution in [0.25, 0.3) is 0 Å². The SMILES string of the molecule is O=C(C[NH+]1CCC([NH+]2CCCCC2)CC1)c1ccc(F)cc1. The van der Waals surface area contributed by atoms with Crippen molar-refractivity contribution in [3.8, 4) is 0 Å². The predicted molar refractivity (Wildman–Crippen MR) is 83.9 cm³/mol. The third kappa shape index (κ3) is 3.93. The summed E-state index contributed by atoms with van der Waals surface area (Å²) in [6, 6.07) is 6.75. The molecule has 0 spiro atoms. The van der Waals surface area contributed by atoms with E-state index in [9.17, 15) is 9.18 Å². The van der Waals surface area contributed by atoms with Crippen LogP contribution in [-0.4, -0.2) is 44.5 Å². The molecule has 0 bridgehead atoms. The second-order valence-electron chi connectivity index (χ2n) is 6.85. The molecule has 120 valence electrons. The Kier molecular flexibility index (Phi) is 5.21. The van der Waals surface area contributed by atoms with Gasteiger partial charge in [0.2, 0.25) is 5.78 Å². The number of carbonyl (C=O) groups excluding carboxylic acids is 1. The van der Waals surface area contributed by atoms with E-state index < -0.39 is 0 Å². The van der Waals surface area contributed by atoms with Crippen LogP contribution in [0.4, 0.5) is 4.39 Å². The first-order valence-corrected chi connectivity index (χ1v) is 8.69. The Morgan fingerprint density at radius 1 is 1.00 bits per heavy atom. The lowest BCUT2D eigenvalue weighted by atomic mass is 9.99. The summed E-state index contributed by atoms with van der Waals surface area (Å²) in [5.74, 6) is -0.145. The summed E-state index contributed by atoms with van der Waals surface area (Å²) in [4.78, 5) is 15.5. The molecular formula is C18H27FN2O+2. The van der Waals surface area contributed by atoms with E-state index in [4.69, 9.17) is 0 Å². The van der Waals surface area contributed by atoms with Crippen LogP contribution in [0.15, 0.2) is 24.3 Å². The lowest BCUT2D eigenvalue weighted by Crippen LogP contribution is -3.21. The van der Waals surface area contributed by atoms with Crippen molar-refractivity contribution < 1.29 is 19.0 Å². The fourth-order valence-electron chi connectivity index (χ4n) is 3.99. The fraction of sp³-hybridized carbons (Fsp3) is 0.611. The quantitative estimate of drug-likeness (QED) is 0.760. The second-order valence-corrected chi connectivity index (χ2v) is 6.85. The summed E-state index contributed by atoms with van der Waals surface area (Å²) >= 11 is 0. The lowest BCUT2D eigenvalue weighted by Gasteiger charge is -2.35. The molecule has 2 heterocycles. The number of quaternary nitrogens is 2. The van der Waals surface area contributed by atoms with Crippen LogP contribution in [0, 0.1) is 5.82 Å². The number of piperidine rings is 2. The number of hydrogen-bond donors (Lipinski definition) is 2. The van der Waals surface area contributed by atoms with E-state index in [-0.39, 0.29) is 11.6 Å². The minimum Gasteiger partial charge on any atom is -0.332 e. The maximum Gasteiger partial charge on any atom is 0.216 e. The molecule has 0 radical (unpaired) electrons.